The molecule has 72 valence electrons. The molecule has 0 aliphatic rings. The van der Waals surface area contributed by atoms with Gasteiger partial charge in [-0.2, -0.15) is 0 Å². The molecule has 0 saturated carbocycles. The van der Waals surface area contributed by atoms with Crippen molar-refractivity contribution in [3.8, 4) is 5.69 Å². The number of aromatic nitrogens is 2. The van der Waals surface area contributed by atoms with Crippen LogP contribution in [-0.2, 0) is 0 Å². The average Bonchev–Trinajstić information content (AvgIpc) is 2.45. The predicted octanol–water partition coefficient (Wildman–Crippen LogP) is 3.61. The van der Waals surface area contributed by atoms with Gasteiger partial charge in [0.25, 0.3) is 0 Å². The zero-order valence-corrected chi connectivity index (χ0v) is 10.0. The maximum absolute atomic E-state index is 5.21. The van der Waals surface area contributed by atoms with Gasteiger partial charge >= 0.3 is 0 Å². The first-order chi connectivity index (χ1) is 6.66. The van der Waals surface area contributed by atoms with E-state index in [9.17, 15) is 0 Å². The van der Waals surface area contributed by atoms with Gasteiger partial charge in [-0.3, -0.25) is 5.10 Å². The van der Waals surface area contributed by atoms with Crippen molar-refractivity contribution in [1.29, 1.82) is 0 Å². The Balaban J connectivity index is 2.60. The first kappa shape index (κ1) is 9.68. The summed E-state index contributed by atoms with van der Waals surface area (Å²) < 4.78 is 3.72. The van der Waals surface area contributed by atoms with Crippen LogP contribution in [0.3, 0.4) is 0 Å². The molecule has 0 radical (unpaired) electrons. The molecule has 1 N–H and O–H groups in total. The van der Waals surface area contributed by atoms with Crippen LogP contribution in [0.25, 0.3) is 5.69 Å². The SMILES string of the molecule is Cc1cc(=S)n(-c2cccc(Br)c2)[nH]1. The maximum Gasteiger partial charge on any atom is 0.127 e. The van der Waals surface area contributed by atoms with Crippen LogP contribution >= 0.6 is 28.1 Å². The summed E-state index contributed by atoms with van der Waals surface area (Å²) in [5.74, 6) is 0. The molecule has 2 rings (SSSR count). The van der Waals surface area contributed by atoms with Gasteiger partial charge in [0.1, 0.15) is 4.64 Å². The Labute approximate surface area is 95.7 Å². The smallest absolute Gasteiger partial charge is 0.127 e. The minimum Gasteiger partial charge on any atom is -0.297 e. The second-order valence-electron chi connectivity index (χ2n) is 3.09. The van der Waals surface area contributed by atoms with Gasteiger partial charge in [-0.1, -0.05) is 34.2 Å². The number of nitrogens with one attached hydrogen (secondary N) is 1. The first-order valence-electron chi connectivity index (χ1n) is 4.21. The molecule has 0 fully saturated rings. The number of H-pyrrole nitrogens is 1. The van der Waals surface area contributed by atoms with Gasteiger partial charge in [0.05, 0.1) is 5.69 Å². The van der Waals surface area contributed by atoms with E-state index >= 15 is 0 Å². The average molecular weight is 269 g/mol. The summed E-state index contributed by atoms with van der Waals surface area (Å²) in [4.78, 5) is 0. The molecular formula is C10H9BrN2S. The second kappa shape index (κ2) is 3.71. The van der Waals surface area contributed by atoms with Crippen molar-refractivity contribution in [2.75, 3.05) is 0 Å². The van der Waals surface area contributed by atoms with E-state index in [1.165, 1.54) is 0 Å². The van der Waals surface area contributed by atoms with Gasteiger partial charge in [-0.25, -0.2) is 4.68 Å². The summed E-state index contributed by atoms with van der Waals surface area (Å²) in [5.41, 5.74) is 2.10. The fourth-order valence-electron chi connectivity index (χ4n) is 1.32. The van der Waals surface area contributed by atoms with Crippen molar-refractivity contribution in [3.63, 3.8) is 0 Å². The molecule has 0 amide bonds. The molecule has 0 saturated heterocycles. The molecule has 1 heterocycles. The van der Waals surface area contributed by atoms with E-state index in [1.54, 1.807) is 0 Å². The number of aromatic amines is 1. The molecule has 0 unspecified atom stereocenters. The highest BCUT2D eigenvalue weighted by Gasteiger charge is 1.99. The number of nitrogens with zero attached hydrogens (tertiary/aromatic N) is 1. The number of hydrogen-bond donors (Lipinski definition) is 1. The lowest BCUT2D eigenvalue weighted by Gasteiger charge is -2.02. The Hall–Kier alpha value is -0.870. The Kier molecular flexibility index (Phi) is 2.56. The van der Waals surface area contributed by atoms with Crippen LogP contribution in [0.2, 0.25) is 0 Å². The van der Waals surface area contributed by atoms with E-state index in [0.717, 1.165) is 20.5 Å². The zero-order chi connectivity index (χ0) is 10.1. The third-order valence-corrected chi connectivity index (χ3v) is 2.71. The molecule has 1 aromatic carbocycles. The highest BCUT2D eigenvalue weighted by molar-refractivity contribution is 9.10. The van der Waals surface area contributed by atoms with Crippen molar-refractivity contribution < 1.29 is 0 Å². The Morgan fingerprint density at radius 3 is 2.71 bits per heavy atom. The number of aryl methyl sites for hydroxylation is 1. The van der Waals surface area contributed by atoms with E-state index < -0.39 is 0 Å². The molecule has 1 aromatic heterocycles. The molecule has 2 nitrogen and oxygen atoms in total. The minimum absolute atomic E-state index is 0.792. The van der Waals surface area contributed by atoms with Gasteiger partial charge in [0.15, 0.2) is 0 Å². The first-order valence-corrected chi connectivity index (χ1v) is 5.41. The van der Waals surface area contributed by atoms with E-state index in [0.29, 0.717) is 0 Å². The molecule has 2 aromatic rings. The quantitative estimate of drug-likeness (QED) is 0.784. The molecule has 0 bridgehead atoms. The summed E-state index contributed by atoms with van der Waals surface area (Å²) in [5, 5.41) is 3.18. The van der Waals surface area contributed by atoms with E-state index in [-0.39, 0.29) is 0 Å². The van der Waals surface area contributed by atoms with Crippen molar-refractivity contribution in [2.45, 2.75) is 6.92 Å². The Morgan fingerprint density at radius 1 is 1.36 bits per heavy atom. The predicted molar refractivity (Wildman–Crippen MR) is 63.4 cm³/mol. The van der Waals surface area contributed by atoms with Crippen LogP contribution < -0.4 is 0 Å². The maximum atomic E-state index is 5.21. The van der Waals surface area contributed by atoms with Crippen LogP contribution in [0.5, 0.6) is 0 Å². The van der Waals surface area contributed by atoms with Crippen LogP contribution in [0, 0.1) is 11.6 Å². The topological polar surface area (TPSA) is 20.7 Å². The van der Waals surface area contributed by atoms with Crippen LogP contribution in [-0.4, -0.2) is 9.78 Å². The molecule has 0 aliphatic carbocycles. The van der Waals surface area contributed by atoms with Gasteiger partial charge < -0.3 is 0 Å². The molecule has 0 spiro atoms. The summed E-state index contributed by atoms with van der Waals surface area (Å²) in [6.07, 6.45) is 0. The summed E-state index contributed by atoms with van der Waals surface area (Å²) in [7, 11) is 0. The largest absolute Gasteiger partial charge is 0.297 e. The summed E-state index contributed by atoms with van der Waals surface area (Å²) in [6.45, 7) is 1.99. The Bertz CT molecular complexity index is 513. The van der Waals surface area contributed by atoms with Crippen LogP contribution in [0.15, 0.2) is 34.8 Å². The number of rotatable bonds is 1. The highest BCUT2D eigenvalue weighted by Crippen LogP contribution is 2.15. The van der Waals surface area contributed by atoms with Crippen LogP contribution in [0.1, 0.15) is 5.69 Å². The van der Waals surface area contributed by atoms with Crippen molar-refractivity contribution >= 4 is 28.1 Å². The summed E-state index contributed by atoms with van der Waals surface area (Å²) in [6, 6.07) is 9.94. The lowest BCUT2D eigenvalue weighted by molar-refractivity contribution is 0.852. The fraction of sp³-hybridized carbons (Fsp3) is 0.100. The minimum atomic E-state index is 0.792. The Morgan fingerprint density at radius 2 is 2.14 bits per heavy atom. The standard InChI is InChI=1S/C10H9BrN2S/c1-7-5-10(14)13(12-7)9-4-2-3-8(11)6-9/h2-6,12H,1H3. The fourth-order valence-corrected chi connectivity index (χ4v) is 2.04. The van der Waals surface area contributed by atoms with Gasteiger partial charge in [0.2, 0.25) is 0 Å². The van der Waals surface area contributed by atoms with E-state index in [4.69, 9.17) is 12.2 Å². The van der Waals surface area contributed by atoms with Crippen molar-refractivity contribution in [1.82, 2.24) is 9.78 Å². The van der Waals surface area contributed by atoms with Crippen molar-refractivity contribution in [2.24, 2.45) is 0 Å². The normalized spacial score (nSPS) is 10.4. The number of hydrogen-bond acceptors (Lipinski definition) is 1. The third-order valence-electron chi connectivity index (χ3n) is 1.91. The van der Waals surface area contributed by atoms with Crippen LogP contribution in [0.4, 0.5) is 0 Å². The summed E-state index contributed by atoms with van der Waals surface area (Å²) >= 11 is 8.64. The number of halogens is 1. The lowest BCUT2D eigenvalue weighted by atomic mass is 10.3. The molecule has 14 heavy (non-hydrogen) atoms. The molecule has 0 aliphatic heterocycles. The third kappa shape index (κ3) is 1.81. The highest BCUT2D eigenvalue weighted by atomic mass is 79.9. The monoisotopic (exact) mass is 268 g/mol. The zero-order valence-electron chi connectivity index (χ0n) is 7.62. The second-order valence-corrected chi connectivity index (χ2v) is 4.43. The lowest BCUT2D eigenvalue weighted by Crippen LogP contribution is -1.95. The number of benzene rings is 1. The molecular weight excluding hydrogens is 260 g/mol. The van der Waals surface area contributed by atoms with Gasteiger partial charge in [-0.15, -0.1) is 0 Å². The molecule has 0 atom stereocenters. The molecule has 4 heteroatoms. The van der Waals surface area contributed by atoms with Crippen molar-refractivity contribution in [3.05, 3.63) is 45.1 Å². The van der Waals surface area contributed by atoms with E-state index in [2.05, 4.69) is 21.0 Å². The van der Waals surface area contributed by atoms with Gasteiger partial charge in [-0.05, 0) is 31.2 Å². The van der Waals surface area contributed by atoms with Gasteiger partial charge in [0, 0.05) is 10.2 Å². The van der Waals surface area contributed by atoms with E-state index in [1.807, 2.05) is 41.9 Å².